The fourth-order valence-electron chi connectivity index (χ4n) is 4.25. The zero-order valence-electron chi connectivity index (χ0n) is 18.0. The Morgan fingerprint density at radius 1 is 1.23 bits per heavy atom. The molecule has 4 rings (SSSR count). The molecule has 1 aromatic heterocycles. The predicted octanol–water partition coefficient (Wildman–Crippen LogP) is 3.38. The number of carbonyl (C=O) groups is 1. The van der Waals surface area contributed by atoms with E-state index in [4.69, 9.17) is 15.5 Å². The lowest BCUT2D eigenvalue weighted by Gasteiger charge is -2.27. The lowest BCUT2D eigenvalue weighted by atomic mass is 9.98. The Morgan fingerprint density at radius 3 is 2.65 bits per heavy atom. The van der Waals surface area contributed by atoms with Gasteiger partial charge < -0.3 is 15.0 Å². The molecule has 0 aliphatic carbocycles. The number of nitrogens with zero attached hydrogens (tertiary/aromatic N) is 3. The highest BCUT2D eigenvalue weighted by atomic mass is 35.5. The monoisotopic (exact) mass is 490 g/mol. The van der Waals surface area contributed by atoms with E-state index in [1.165, 1.54) is 16.9 Å². The van der Waals surface area contributed by atoms with E-state index in [2.05, 4.69) is 47.6 Å². The van der Waals surface area contributed by atoms with Crippen molar-refractivity contribution >= 4 is 43.2 Å². The third-order valence-electron chi connectivity index (χ3n) is 5.75. The van der Waals surface area contributed by atoms with Crippen LogP contribution in [-0.4, -0.2) is 52.2 Å². The second kappa shape index (κ2) is 12.1. The van der Waals surface area contributed by atoms with Crippen LogP contribution >= 0.6 is 37.2 Å². The number of nitrogens with two attached hydrogens (primary N) is 1. The molecule has 0 bridgehead atoms. The normalized spacial score (nSPS) is 18.1. The summed E-state index contributed by atoms with van der Waals surface area (Å²) in [5.41, 5.74) is 10.9. The molecule has 1 fully saturated rings. The number of hydrogen-bond acceptors (Lipinski definition) is 5. The van der Waals surface area contributed by atoms with Crippen LogP contribution in [0.15, 0.2) is 30.6 Å². The second-order valence-corrected chi connectivity index (χ2v) is 8.42. The van der Waals surface area contributed by atoms with E-state index in [9.17, 15) is 4.79 Å². The second-order valence-electron chi connectivity index (χ2n) is 8.42. The van der Waals surface area contributed by atoms with Gasteiger partial charge in [-0.1, -0.05) is 32.0 Å². The molecule has 0 saturated carbocycles. The molecule has 2 aliphatic rings. The summed E-state index contributed by atoms with van der Waals surface area (Å²) in [5.74, 6) is 0.170. The number of imidazole rings is 1. The summed E-state index contributed by atoms with van der Waals surface area (Å²) in [6, 6.07) is 8.27. The standard InChI is InChI=1S/C22H30N4O2.3ClH/c1-15(2)13-28-22(27)21(25-10-9-17(23)12-25)11-18-20-8-7-16-5-3-4-6-19(16)26(20)14-24-18;;;/h3-6,14-15,17,21H,7-13,23H2,1-2H3;3*1H/t17-,21-;;;/m0.../s1. The first kappa shape index (κ1) is 27.7. The SMILES string of the molecule is CC(C)COC(=O)[C@H](Cc1ncn2c1CCc1ccccc1-2)N1CC[C@H](N)C1.Cl.Cl.Cl. The molecule has 2 aromatic rings. The van der Waals surface area contributed by atoms with Gasteiger partial charge in [-0.15, -0.1) is 37.2 Å². The Bertz CT molecular complexity index is 859. The van der Waals surface area contributed by atoms with Gasteiger partial charge >= 0.3 is 5.97 Å². The summed E-state index contributed by atoms with van der Waals surface area (Å²) in [7, 11) is 0. The van der Waals surface area contributed by atoms with Crippen LogP contribution in [0, 0.1) is 5.92 Å². The maximum Gasteiger partial charge on any atom is 0.323 e. The molecule has 3 heterocycles. The van der Waals surface area contributed by atoms with Crippen LogP contribution < -0.4 is 5.73 Å². The van der Waals surface area contributed by atoms with E-state index in [1.54, 1.807) is 0 Å². The quantitative estimate of drug-likeness (QED) is 0.627. The van der Waals surface area contributed by atoms with Crippen LogP contribution in [0.1, 0.15) is 37.2 Å². The molecule has 2 aliphatic heterocycles. The highest BCUT2D eigenvalue weighted by molar-refractivity contribution is 5.86. The minimum absolute atomic E-state index is 0. The molecule has 0 radical (unpaired) electrons. The highest BCUT2D eigenvalue weighted by Gasteiger charge is 2.34. The molecule has 9 heteroatoms. The summed E-state index contributed by atoms with van der Waals surface area (Å²) >= 11 is 0. The van der Waals surface area contributed by atoms with Crippen molar-refractivity contribution in [3.05, 3.63) is 47.5 Å². The number of ether oxygens (including phenoxy) is 1. The van der Waals surface area contributed by atoms with Crippen molar-refractivity contribution in [1.29, 1.82) is 0 Å². The van der Waals surface area contributed by atoms with Gasteiger partial charge in [-0.05, 0) is 36.8 Å². The van der Waals surface area contributed by atoms with Gasteiger partial charge in [0.05, 0.1) is 18.6 Å². The number of para-hydroxylation sites is 1. The van der Waals surface area contributed by atoms with Gasteiger partial charge in [0.25, 0.3) is 0 Å². The van der Waals surface area contributed by atoms with Crippen LogP contribution in [0.5, 0.6) is 0 Å². The zero-order valence-corrected chi connectivity index (χ0v) is 20.5. The number of benzene rings is 1. The Kier molecular flexibility index (Phi) is 10.8. The lowest BCUT2D eigenvalue weighted by molar-refractivity contribution is -0.150. The topological polar surface area (TPSA) is 73.4 Å². The highest BCUT2D eigenvalue weighted by Crippen LogP contribution is 2.28. The van der Waals surface area contributed by atoms with Crippen molar-refractivity contribution in [2.75, 3.05) is 19.7 Å². The summed E-state index contributed by atoms with van der Waals surface area (Å²) in [6.07, 6.45) is 5.34. The fourth-order valence-corrected chi connectivity index (χ4v) is 4.25. The van der Waals surface area contributed by atoms with E-state index >= 15 is 0 Å². The summed E-state index contributed by atoms with van der Waals surface area (Å²) in [4.78, 5) is 19.8. The predicted molar refractivity (Wildman–Crippen MR) is 130 cm³/mol. The maximum atomic E-state index is 12.9. The van der Waals surface area contributed by atoms with Gasteiger partial charge in [-0.2, -0.15) is 0 Å². The van der Waals surface area contributed by atoms with Crippen molar-refractivity contribution < 1.29 is 9.53 Å². The minimum Gasteiger partial charge on any atom is -0.464 e. The average Bonchev–Trinajstić information content (AvgIpc) is 3.30. The average molecular weight is 492 g/mol. The van der Waals surface area contributed by atoms with Crippen molar-refractivity contribution in [2.45, 2.75) is 51.6 Å². The van der Waals surface area contributed by atoms with Gasteiger partial charge in [0.2, 0.25) is 0 Å². The number of carbonyl (C=O) groups excluding carboxylic acids is 1. The lowest BCUT2D eigenvalue weighted by Crippen LogP contribution is -2.44. The number of aromatic nitrogens is 2. The largest absolute Gasteiger partial charge is 0.464 e. The number of fused-ring (bicyclic) bond motifs is 3. The Morgan fingerprint density at radius 2 is 1.97 bits per heavy atom. The smallest absolute Gasteiger partial charge is 0.323 e. The molecule has 174 valence electrons. The number of rotatable bonds is 6. The Balaban J connectivity index is 0.00000160. The maximum absolute atomic E-state index is 12.9. The van der Waals surface area contributed by atoms with Crippen LogP contribution in [0.3, 0.4) is 0 Å². The molecule has 0 amide bonds. The van der Waals surface area contributed by atoms with E-state index < -0.39 is 0 Å². The Labute approximate surface area is 203 Å². The van der Waals surface area contributed by atoms with E-state index in [0.717, 1.165) is 38.0 Å². The first-order valence-electron chi connectivity index (χ1n) is 10.3. The van der Waals surface area contributed by atoms with Gasteiger partial charge in [-0.25, -0.2) is 4.98 Å². The van der Waals surface area contributed by atoms with Crippen LogP contribution in [-0.2, 0) is 28.8 Å². The number of esters is 1. The van der Waals surface area contributed by atoms with Crippen molar-refractivity contribution in [2.24, 2.45) is 11.7 Å². The van der Waals surface area contributed by atoms with Crippen molar-refractivity contribution in [3.8, 4) is 5.69 Å². The van der Waals surface area contributed by atoms with Crippen molar-refractivity contribution in [1.82, 2.24) is 14.5 Å². The molecule has 1 aromatic carbocycles. The van der Waals surface area contributed by atoms with Crippen LogP contribution in [0.25, 0.3) is 5.69 Å². The molecular formula is C22H33Cl3N4O2. The third kappa shape index (κ3) is 6.14. The first-order valence-corrected chi connectivity index (χ1v) is 10.3. The van der Waals surface area contributed by atoms with Crippen LogP contribution in [0.4, 0.5) is 0 Å². The van der Waals surface area contributed by atoms with Gasteiger partial charge in [-0.3, -0.25) is 9.69 Å². The number of likely N-dealkylation sites (tertiary alicyclic amines) is 1. The number of hydrogen-bond donors (Lipinski definition) is 1. The Hall–Kier alpha value is -1.31. The molecule has 2 atom stereocenters. The number of halogens is 3. The van der Waals surface area contributed by atoms with Gasteiger partial charge in [0, 0.05) is 36.9 Å². The summed E-state index contributed by atoms with van der Waals surface area (Å²) in [5, 5.41) is 0. The minimum atomic E-state index is -0.316. The van der Waals surface area contributed by atoms with Gasteiger partial charge in [0.1, 0.15) is 6.04 Å². The van der Waals surface area contributed by atoms with Gasteiger partial charge in [0.15, 0.2) is 0 Å². The van der Waals surface area contributed by atoms with E-state index in [-0.39, 0.29) is 55.3 Å². The fraction of sp³-hybridized carbons (Fsp3) is 0.545. The summed E-state index contributed by atoms with van der Waals surface area (Å²) < 4.78 is 7.79. The molecular weight excluding hydrogens is 459 g/mol. The molecule has 6 nitrogen and oxygen atoms in total. The van der Waals surface area contributed by atoms with Crippen LogP contribution in [0.2, 0.25) is 0 Å². The molecule has 0 spiro atoms. The third-order valence-corrected chi connectivity index (χ3v) is 5.75. The van der Waals surface area contributed by atoms with E-state index in [1.807, 2.05) is 6.33 Å². The van der Waals surface area contributed by atoms with Crippen molar-refractivity contribution in [3.63, 3.8) is 0 Å². The summed E-state index contributed by atoms with van der Waals surface area (Å²) in [6.45, 7) is 6.13. The molecule has 2 N–H and O–H groups in total. The molecule has 1 saturated heterocycles. The number of aryl methyl sites for hydroxylation is 1. The molecule has 31 heavy (non-hydrogen) atoms. The molecule has 0 unspecified atom stereocenters. The van der Waals surface area contributed by atoms with E-state index in [0.29, 0.717) is 18.9 Å². The zero-order chi connectivity index (χ0) is 19.7. The first-order chi connectivity index (χ1) is 13.5.